The molecule has 0 saturated carbocycles. The third-order valence-electron chi connectivity index (χ3n) is 5.19. The Morgan fingerprint density at radius 1 is 1.00 bits per heavy atom. The maximum Gasteiger partial charge on any atom is 0.243 e. The van der Waals surface area contributed by atoms with Crippen LogP contribution in [0.5, 0.6) is 17.2 Å². The molecule has 1 heterocycles. The number of rotatable bonds is 9. The Kier molecular flexibility index (Phi) is 7.40. The molecule has 2 aromatic rings. The topological polar surface area (TPSA) is 94.2 Å². The Balaban J connectivity index is 1.67. The summed E-state index contributed by atoms with van der Waals surface area (Å²) in [7, 11) is 1.08. The van der Waals surface area contributed by atoms with Crippen LogP contribution >= 0.6 is 0 Å². The highest BCUT2D eigenvalue weighted by Gasteiger charge is 2.27. The van der Waals surface area contributed by atoms with Gasteiger partial charge in [-0.3, -0.25) is 4.79 Å². The smallest absolute Gasteiger partial charge is 0.243 e. The fourth-order valence-corrected chi connectivity index (χ4v) is 5.14. The molecule has 9 heteroatoms. The van der Waals surface area contributed by atoms with Crippen LogP contribution in [-0.4, -0.2) is 53.0 Å². The lowest BCUT2D eigenvalue weighted by atomic mass is 10.1. The second kappa shape index (κ2) is 10.0. The summed E-state index contributed by atoms with van der Waals surface area (Å²) in [5.41, 5.74) is 1.31. The summed E-state index contributed by atoms with van der Waals surface area (Å²) >= 11 is 0. The molecule has 0 aliphatic carbocycles. The van der Waals surface area contributed by atoms with Gasteiger partial charge in [-0.1, -0.05) is 6.07 Å². The molecule has 0 unspecified atom stereocenters. The normalized spacial score (nSPS) is 14.3. The molecule has 1 aliphatic rings. The van der Waals surface area contributed by atoms with Gasteiger partial charge in [-0.15, -0.1) is 0 Å². The minimum Gasteiger partial charge on any atom is -0.493 e. The van der Waals surface area contributed by atoms with Gasteiger partial charge >= 0.3 is 0 Å². The Morgan fingerprint density at radius 3 is 2.23 bits per heavy atom. The lowest BCUT2D eigenvalue weighted by Crippen LogP contribution is -2.27. The molecule has 31 heavy (non-hydrogen) atoms. The zero-order valence-electron chi connectivity index (χ0n) is 18.0. The van der Waals surface area contributed by atoms with Crippen molar-refractivity contribution in [3.05, 3.63) is 42.0 Å². The predicted molar refractivity (Wildman–Crippen MR) is 117 cm³/mol. The Bertz CT molecular complexity index is 1010. The number of methoxy groups -OCH3 is 3. The van der Waals surface area contributed by atoms with Crippen molar-refractivity contribution in [3.8, 4) is 17.2 Å². The van der Waals surface area contributed by atoms with Crippen molar-refractivity contribution in [2.75, 3.05) is 39.7 Å². The van der Waals surface area contributed by atoms with Crippen molar-refractivity contribution >= 4 is 21.6 Å². The lowest BCUT2D eigenvalue weighted by Gasteiger charge is -2.16. The summed E-state index contributed by atoms with van der Waals surface area (Å²) in [5.74, 6) is 1.33. The molecule has 0 aromatic heterocycles. The third-order valence-corrected chi connectivity index (χ3v) is 7.08. The minimum atomic E-state index is -3.53. The average Bonchev–Trinajstić information content (AvgIpc) is 3.33. The number of anilines is 1. The molecule has 0 bridgehead atoms. The maximum absolute atomic E-state index is 12.7. The van der Waals surface area contributed by atoms with Gasteiger partial charge in [0.25, 0.3) is 0 Å². The van der Waals surface area contributed by atoms with Gasteiger partial charge in [0.2, 0.25) is 21.7 Å². The minimum absolute atomic E-state index is 0.192. The zero-order valence-corrected chi connectivity index (χ0v) is 18.8. The van der Waals surface area contributed by atoms with Crippen LogP contribution in [0.25, 0.3) is 0 Å². The van der Waals surface area contributed by atoms with Gasteiger partial charge in [0, 0.05) is 25.2 Å². The number of hydrogen-bond donors (Lipinski definition) is 1. The second-order valence-corrected chi connectivity index (χ2v) is 9.16. The van der Waals surface area contributed by atoms with Gasteiger partial charge in [-0.05, 0) is 55.2 Å². The SMILES string of the molecule is COc1cc(CCC(=O)Nc2cccc(S(=O)(=O)N3CCCC3)c2)cc(OC)c1OC. The van der Waals surface area contributed by atoms with Gasteiger partial charge in [-0.25, -0.2) is 8.42 Å². The summed E-state index contributed by atoms with van der Waals surface area (Å²) in [6.07, 6.45) is 2.41. The Hall–Kier alpha value is -2.78. The standard InChI is InChI=1S/C22H28N2O6S/c1-28-19-13-16(14-20(29-2)22(19)30-3)9-10-21(25)23-17-7-6-8-18(15-17)31(26,27)24-11-4-5-12-24/h6-8,13-15H,4-5,9-12H2,1-3H3,(H,23,25). The van der Waals surface area contributed by atoms with Gasteiger partial charge in [0.15, 0.2) is 11.5 Å². The number of ether oxygens (including phenoxy) is 3. The molecule has 0 atom stereocenters. The first kappa shape index (κ1) is 22.9. The van der Waals surface area contributed by atoms with Crippen LogP contribution in [0.2, 0.25) is 0 Å². The molecule has 1 aliphatic heterocycles. The zero-order chi connectivity index (χ0) is 22.4. The number of carbonyl (C=O) groups is 1. The van der Waals surface area contributed by atoms with Crippen molar-refractivity contribution in [2.24, 2.45) is 0 Å². The first-order chi connectivity index (χ1) is 14.9. The molecule has 0 radical (unpaired) electrons. The molecule has 3 rings (SSSR count). The molecular weight excluding hydrogens is 420 g/mol. The van der Waals surface area contributed by atoms with E-state index >= 15 is 0 Å². The molecule has 1 amide bonds. The van der Waals surface area contributed by atoms with E-state index in [4.69, 9.17) is 14.2 Å². The number of sulfonamides is 1. The molecule has 1 N–H and O–H groups in total. The molecule has 1 fully saturated rings. The van der Waals surface area contributed by atoms with Crippen LogP contribution in [0, 0.1) is 0 Å². The van der Waals surface area contributed by atoms with E-state index in [0.717, 1.165) is 18.4 Å². The summed E-state index contributed by atoms with van der Waals surface area (Å²) in [6.45, 7) is 1.07. The van der Waals surface area contributed by atoms with Crippen molar-refractivity contribution in [3.63, 3.8) is 0 Å². The molecule has 2 aromatic carbocycles. The summed E-state index contributed by atoms with van der Waals surface area (Å²) in [4.78, 5) is 12.7. The molecule has 1 saturated heterocycles. The van der Waals surface area contributed by atoms with Crippen molar-refractivity contribution in [1.29, 1.82) is 0 Å². The van der Waals surface area contributed by atoms with Crippen LogP contribution < -0.4 is 19.5 Å². The van der Waals surface area contributed by atoms with Crippen LogP contribution in [0.1, 0.15) is 24.8 Å². The maximum atomic E-state index is 12.7. The van der Waals surface area contributed by atoms with E-state index in [1.807, 2.05) is 0 Å². The first-order valence-electron chi connectivity index (χ1n) is 10.1. The number of benzene rings is 2. The van der Waals surface area contributed by atoms with Crippen molar-refractivity contribution < 1.29 is 27.4 Å². The monoisotopic (exact) mass is 448 g/mol. The average molecular weight is 449 g/mol. The van der Waals surface area contributed by atoms with Crippen LogP contribution in [-0.2, 0) is 21.2 Å². The number of nitrogens with zero attached hydrogens (tertiary/aromatic N) is 1. The van der Waals surface area contributed by atoms with Gasteiger partial charge in [-0.2, -0.15) is 4.31 Å². The Morgan fingerprint density at radius 2 is 1.65 bits per heavy atom. The van der Waals surface area contributed by atoms with Gasteiger partial charge in [0.1, 0.15) is 0 Å². The highest BCUT2D eigenvalue weighted by atomic mass is 32.2. The molecular formula is C22H28N2O6S. The highest BCUT2D eigenvalue weighted by molar-refractivity contribution is 7.89. The van der Waals surface area contributed by atoms with E-state index in [0.29, 0.717) is 42.4 Å². The van der Waals surface area contributed by atoms with Gasteiger partial charge in [0.05, 0.1) is 26.2 Å². The number of nitrogens with one attached hydrogen (secondary N) is 1. The van der Waals surface area contributed by atoms with Crippen LogP contribution in [0.15, 0.2) is 41.3 Å². The number of hydrogen-bond acceptors (Lipinski definition) is 6. The number of amides is 1. The van der Waals surface area contributed by atoms with Crippen molar-refractivity contribution in [2.45, 2.75) is 30.6 Å². The second-order valence-electron chi connectivity index (χ2n) is 7.22. The summed E-state index contributed by atoms with van der Waals surface area (Å²) in [5, 5.41) is 2.79. The molecule has 8 nitrogen and oxygen atoms in total. The fraction of sp³-hybridized carbons (Fsp3) is 0.409. The quantitative estimate of drug-likeness (QED) is 0.634. The predicted octanol–water partition coefficient (Wildman–Crippen LogP) is 3.07. The lowest BCUT2D eigenvalue weighted by molar-refractivity contribution is -0.116. The van der Waals surface area contributed by atoms with E-state index in [-0.39, 0.29) is 17.2 Å². The van der Waals surface area contributed by atoms with Crippen molar-refractivity contribution in [1.82, 2.24) is 4.31 Å². The molecule has 168 valence electrons. The van der Waals surface area contributed by atoms with E-state index in [2.05, 4.69) is 5.32 Å². The molecule has 0 spiro atoms. The summed E-state index contributed by atoms with van der Waals surface area (Å²) in [6, 6.07) is 9.98. The Labute approximate surface area is 183 Å². The first-order valence-corrected chi connectivity index (χ1v) is 11.5. The fourth-order valence-electron chi connectivity index (χ4n) is 3.57. The van der Waals surface area contributed by atoms with Crippen LogP contribution in [0.3, 0.4) is 0 Å². The number of aryl methyl sites for hydroxylation is 1. The largest absolute Gasteiger partial charge is 0.493 e. The third kappa shape index (κ3) is 5.29. The van der Waals surface area contributed by atoms with Gasteiger partial charge < -0.3 is 19.5 Å². The van der Waals surface area contributed by atoms with E-state index in [1.54, 1.807) is 30.3 Å². The van der Waals surface area contributed by atoms with Crippen LogP contribution in [0.4, 0.5) is 5.69 Å². The van der Waals surface area contributed by atoms with E-state index in [9.17, 15) is 13.2 Å². The number of carbonyl (C=O) groups excluding carboxylic acids is 1. The summed E-state index contributed by atoms with van der Waals surface area (Å²) < 4.78 is 43.0. The van der Waals surface area contributed by atoms with E-state index < -0.39 is 10.0 Å². The highest BCUT2D eigenvalue weighted by Crippen LogP contribution is 2.38. The van der Waals surface area contributed by atoms with E-state index in [1.165, 1.54) is 31.7 Å².